The van der Waals surface area contributed by atoms with Gasteiger partial charge in [0.1, 0.15) is 0 Å². The Morgan fingerprint density at radius 1 is 1.12 bits per heavy atom. The van der Waals surface area contributed by atoms with Crippen molar-refractivity contribution in [2.24, 2.45) is 0 Å². The highest BCUT2D eigenvalue weighted by atomic mass is 35.5. The number of hydrogen-bond acceptors (Lipinski definition) is 1. The van der Waals surface area contributed by atoms with Crippen molar-refractivity contribution >= 4 is 29.1 Å². The van der Waals surface area contributed by atoms with Crippen LogP contribution in [0.5, 0.6) is 0 Å². The van der Waals surface area contributed by atoms with E-state index in [0.29, 0.717) is 13.0 Å². The molecular weight excluding hydrogens is 234 g/mol. The Bertz CT molecular complexity index is 505. The predicted molar refractivity (Wildman–Crippen MR) is 73.3 cm³/mol. The van der Waals surface area contributed by atoms with Gasteiger partial charge in [-0.15, -0.1) is 12.4 Å². The van der Waals surface area contributed by atoms with Gasteiger partial charge in [0.25, 0.3) is 0 Å². The first kappa shape index (κ1) is 13.5. The Kier molecular flexibility index (Phi) is 4.98. The van der Waals surface area contributed by atoms with Crippen LogP contribution in [0.4, 0.5) is 0 Å². The molecule has 3 heteroatoms. The minimum absolute atomic E-state index is 0. The van der Waals surface area contributed by atoms with Crippen molar-refractivity contribution in [2.75, 3.05) is 0 Å². The van der Waals surface area contributed by atoms with E-state index in [4.69, 9.17) is 0 Å². The van der Waals surface area contributed by atoms with E-state index >= 15 is 0 Å². The molecule has 0 aliphatic heterocycles. The molecule has 0 bridgehead atoms. The predicted octanol–water partition coefficient (Wildman–Crippen LogP) is 3.29. The first-order valence-corrected chi connectivity index (χ1v) is 5.54. The van der Waals surface area contributed by atoms with Gasteiger partial charge in [0.05, 0.1) is 0 Å². The summed E-state index contributed by atoms with van der Waals surface area (Å²) in [5.41, 5.74) is 1.17. The van der Waals surface area contributed by atoms with E-state index in [2.05, 4.69) is 29.6 Å². The lowest BCUT2D eigenvalue weighted by Crippen LogP contribution is -2.21. The van der Waals surface area contributed by atoms with Crippen LogP contribution < -0.4 is 5.32 Å². The van der Waals surface area contributed by atoms with Gasteiger partial charge in [0.2, 0.25) is 5.91 Å². The molecule has 1 N–H and O–H groups in total. The molecule has 0 spiro atoms. The zero-order valence-electron chi connectivity index (χ0n) is 9.77. The van der Waals surface area contributed by atoms with Crippen LogP contribution in [0.15, 0.2) is 42.5 Å². The minimum Gasteiger partial charge on any atom is -0.352 e. The SMILES string of the molecule is CCC(=O)NCc1cccc2ccccc12.Cl. The number of nitrogens with one attached hydrogen (secondary N) is 1. The van der Waals surface area contributed by atoms with Gasteiger partial charge >= 0.3 is 0 Å². The number of amides is 1. The van der Waals surface area contributed by atoms with E-state index in [9.17, 15) is 4.79 Å². The molecule has 0 aliphatic rings. The highest BCUT2D eigenvalue weighted by Gasteiger charge is 2.01. The van der Waals surface area contributed by atoms with Gasteiger partial charge in [-0.25, -0.2) is 0 Å². The molecule has 0 radical (unpaired) electrons. The Morgan fingerprint density at radius 2 is 1.82 bits per heavy atom. The van der Waals surface area contributed by atoms with Crippen LogP contribution in [-0.2, 0) is 11.3 Å². The van der Waals surface area contributed by atoms with Crippen LogP contribution >= 0.6 is 12.4 Å². The summed E-state index contributed by atoms with van der Waals surface area (Å²) >= 11 is 0. The summed E-state index contributed by atoms with van der Waals surface area (Å²) in [5.74, 6) is 0.0907. The molecule has 0 saturated heterocycles. The summed E-state index contributed by atoms with van der Waals surface area (Å²) in [6, 6.07) is 14.4. The van der Waals surface area contributed by atoms with Crippen molar-refractivity contribution in [3.63, 3.8) is 0 Å². The molecule has 0 fully saturated rings. The molecule has 2 aromatic rings. The third-order valence-corrected chi connectivity index (χ3v) is 2.68. The Hall–Kier alpha value is -1.54. The summed E-state index contributed by atoms with van der Waals surface area (Å²) in [6.07, 6.45) is 0.533. The van der Waals surface area contributed by atoms with Gasteiger partial charge in [-0.1, -0.05) is 49.4 Å². The quantitative estimate of drug-likeness (QED) is 0.889. The standard InChI is InChI=1S/C14H15NO.ClH/c1-2-14(16)15-10-12-8-5-7-11-6-3-4-9-13(11)12;/h3-9H,2,10H2,1H3,(H,15,16);1H. The van der Waals surface area contributed by atoms with Gasteiger partial charge in [-0.05, 0) is 16.3 Å². The fourth-order valence-electron chi connectivity index (χ4n) is 1.77. The number of carbonyl (C=O) groups is 1. The molecule has 0 heterocycles. The summed E-state index contributed by atoms with van der Waals surface area (Å²) in [4.78, 5) is 11.2. The highest BCUT2D eigenvalue weighted by molar-refractivity contribution is 5.86. The number of hydrogen-bond donors (Lipinski definition) is 1. The van der Waals surface area contributed by atoms with E-state index in [1.807, 2.05) is 25.1 Å². The Balaban J connectivity index is 0.00000144. The number of halogens is 1. The fourth-order valence-corrected chi connectivity index (χ4v) is 1.77. The average Bonchev–Trinajstić information content (AvgIpc) is 2.35. The molecule has 0 atom stereocenters. The van der Waals surface area contributed by atoms with Crippen LogP contribution in [-0.4, -0.2) is 5.91 Å². The van der Waals surface area contributed by atoms with E-state index in [-0.39, 0.29) is 18.3 Å². The highest BCUT2D eigenvalue weighted by Crippen LogP contribution is 2.18. The maximum absolute atomic E-state index is 11.2. The van der Waals surface area contributed by atoms with Crippen molar-refractivity contribution in [3.8, 4) is 0 Å². The summed E-state index contributed by atoms with van der Waals surface area (Å²) in [5, 5.41) is 5.33. The van der Waals surface area contributed by atoms with Gasteiger partial charge in [-0.2, -0.15) is 0 Å². The monoisotopic (exact) mass is 249 g/mol. The van der Waals surface area contributed by atoms with Gasteiger partial charge in [0.15, 0.2) is 0 Å². The molecule has 2 nitrogen and oxygen atoms in total. The molecule has 17 heavy (non-hydrogen) atoms. The second-order valence-electron chi connectivity index (χ2n) is 3.77. The Morgan fingerprint density at radius 3 is 2.59 bits per heavy atom. The summed E-state index contributed by atoms with van der Waals surface area (Å²) < 4.78 is 0. The van der Waals surface area contributed by atoms with Crippen molar-refractivity contribution in [1.82, 2.24) is 5.32 Å². The minimum atomic E-state index is 0. The van der Waals surface area contributed by atoms with Gasteiger partial charge in [0, 0.05) is 13.0 Å². The van der Waals surface area contributed by atoms with Crippen LogP contribution in [0.1, 0.15) is 18.9 Å². The molecule has 2 aromatic carbocycles. The van der Waals surface area contributed by atoms with Crippen molar-refractivity contribution in [3.05, 3.63) is 48.0 Å². The number of fused-ring (bicyclic) bond motifs is 1. The summed E-state index contributed by atoms with van der Waals surface area (Å²) in [7, 11) is 0. The largest absolute Gasteiger partial charge is 0.352 e. The maximum atomic E-state index is 11.2. The Labute approximate surface area is 107 Å². The van der Waals surface area contributed by atoms with E-state index in [0.717, 1.165) is 0 Å². The molecule has 0 aromatic heterocycles. The average molecular weight is 250 g/mol. The molecule has 90 valence electrons. The molecule has 1 amide bonds. The lowest BCUT2D eigenvalue weighted by Gasteiger charge is -2.07. The molecule has 0 aliphatic carbocycles. The third-order valence-electron chi connectivity index (χ3n) is 2.68. The topological polar surface area (TPSA) is 29.1 Å². The smallest absolute Gasteiger partial charge is 0.219 e. The number of rotatable bonds is 3. The second-order valence-corrected chi connectivity index (χ2v) is 3.77. The number of benzene rings is 2. The summed E-state index contributed by atoms with van der Waals surface area (Å²) in [6.45, 7) is 2.46. The van der Waals surface area contributed by atoms with E-state index < -0.39 is 0 Å². The van der Waals surface area contributed by atoms with Crippen LogP contribution in [0.3, 0.4) is 0 Å². The molecular formula is C14H16ClNO. The zero-order chi connectivity index (χ0) is 11.4. The zero-order valence-corrected chi connectivity index (χ0v) is 10.6. The molecule has 0 saturated carbocycles. The fraction of sp³-hybridized carbons (Fsp3) is 0.214. The van der Waals surface area contributed by atoms with Crippen LogP contribution in [0.25, 0.3) is 10.8 Å². The van der Waals surface area contributed by atoms with Gasteiger partial charge < -0.3 is 5.32 Å². The van der Waals surface area contributed by atoms with E-state index in [1.54, 1.807) is 0 Å². The third kappa shape index (κ3) is 3.21. The van der Waals surface area contributed by atoms with Crippen molar-refractivity contribution in [1.29, 1.82) is 0 Å². The maximum Gasteiger partial charge on any atom is 0.219 e. The van der Waals surface area contributed by atoms with E-state index in [1.165, 1.54) is 16.3 Å². The number of carbonyl (C=O) groups excluding carboxylic acids is 1. The normalized spacial score (nSPS) is 9.71. The van der Waals surface area contributed by atoms with Gasteiger partial charge in [-0.3, -0.25) is 4.79 Å². The lowest BCUT2D eigenvalue weighted by atomic mass is 10.0. The van der Waals surface area contributed by atoms with Crippen molar-refractivity contribution < 1.29 is 4.79 Å². The molecule has 2 rings (SSSR count). The lowest BCUT2D eigenvalue weighted by molar-refractivity contribution is -0.120. The first-order chi connectivity index (χ1) is 7.81. The molecule has 0 unspecified atom stereocenters. The second kappa shape index (κ2) is 6.26. The van der Waals surface area contributed by atoms with Crippen LogP contribution in [0.2, 0.25) is 0 Å². The first-order valence-electron chi connectivity index (χ1n) is 5.54. The van der Waals surface area contributed by atoms with Crippen molar-refractivity contribution in [2.45, 2.75) is 19.9 Å². The van der Waals surface area contributed by atoms with Crippen LogP contribution in [0, 0.1) is 0 Å².